The summed E-state index contributed by atoms with van der Waals surface area (Å²) < 4.78 is 1.48. The van der Waals surface area contributed by atoms with Gasteiger partial charge >= 0.3 is 11.7 Å². The number of amides is 1. The highest BCUT2D eigenvalue weighted by molar-refractivity contribution is 5.77. The molecule has 1 fully saturated rings. The van der Waals surface area contributed by atoms with E-state index in [1.807, 2.05) is 0 Å². The van der Waals surface area contributed by atoms with Crippen molar-refractivity contribution in [2.24, 2.45) is 5.92 Å². The predicted molar refractivity (Wildman–Crippen MR) is 79.9 cm³/mol. The number of aryl methyl sites for hydroxylation is 2. The number of aliphatic carboxylic acids is 1. The number of hydrogen-bond donors (Lipinski definition) is 1. The van der Waals surface area contributed by atoms with E-state index >= 15 is 0 Å². The Bertz CT molecular complexity index is 631. The molecule has 0 saturated carbocycles. The summed E-state index contributed by atoms with van der Waals surface area (Å²) in [6.07, 6.45) is 1.12. The Kier molecular flexibility index (Phi) is 4.97. The molecule has 0 aliphatic carbocycles. The predicted octanol–water partition coefficient (Wildman–Crippen LogP) is 1.12. The summed E-state index contributed by atoms with van der Waals surface area (Å²) in [4.78, 5) is 35.2. The van der Waals surface area contributed by atoms with Gasteiger partial charge in [-0.25, -0.2) is 0 Å². The van der Waals surface area contributed by atoms with E-state index in [4.69, 9.17) is 5.11 Å². The third-order valence-electron chi connectivity index (χ3n) is 4.26. The summed E-state index contributed by atoms with van der Waals surface area (Å²) >= 11 is 0. The molecule has 2 rings (SSSR count). The molecule has 1 amide bonds. The first-order chi connectivity index (χ1) is 10.8. The topological polar surface area (TPSA) is 119 Å². The first-order valence-electron chi connectivity index (χ1n) is 7.50. The van der Waals surface area contributed by atoms with E-state index in [1.54, 1.807) is 18.7 Å². The highest BCUT2D eigenvalue weighted by Gasteiger charge is 2.27. The number of piperidine rings is 1. The fourth-order valence-corrected chi connectivity index (χ4v) is 2.90. The second kappa shape index (κ2) is 6.76. The normalized spacial score (nSPS) is 15.7. The van der Waals surface area contributed by atoms with Crippen molar-refractivity contribution >= 4 is 17.6 Å². The van der Waals surface area contributed by atoms with Gasteiger partial charge in [0.2, 0.25) is 5.91 Å². The quantitative estimate of drug-likeness (QED) is 0.640. The van der Waals surface area contributed by atoms with Crippen molar-refractivity contribution in [1.82, 2.24) is 14.7 Å². The zero-order valence-corrected chi connectivity index (χ0v) is 13.2. The molecule has 1 aliphatic rings. The van der Waals surface area contributed by atoms with Crippen molar-refractivity contribution in [2.75, 3.05) is 13.1 Å². The highest BCUT2D eigenvalue weighted by Crippen LogP contribution is 2.22. The summed E-state index contributed by atoms with van der Waals surface area (Å²) in [5.41, 5.74) is 0.756. The molecule has 1 aromatic heterocycles. The van der Waals surface area contributed by atoms with Gasteiger partial charge in [-0.15, -0.1) is 0 Å². The molecular weight excluding hydrogens is 304 g/mol. The van der Waals surface area contributed by atoms with Gasteiger partial charge in [0, 0.05) is 19.5 Å². The number of likely N-dealkylation sites (tertiary alicyclic amines) is 1. The van der Waals surface area contributed by atoms with Gasteiger partial charge in [0.15, 0.2) is 0 Å². The maximum absolute atomic E-state index is 12.2. The van der Waals surface area contributed by atoms with Crippen LogP contribution in [0.3, 0.4) is 0 Å². The van der Waals surface area contributed by atoms with Crippen LogP contribution in [0.2, 0.25) is 0 Å². The fraction of sp³-hybridized carbons (Fsp3) is 0.643. The lowest BCUT2D eigenvalue weighted by atomic mass is 9.97. The van der Waals surface area contributed by atoms with E-state index in [9.17, 15) is 19.7 Å². The highest BCUT2D eigenvalue weighted by atomic mass is 16.6. The molecule has 0 unspecified atom stereocenters. The number of carbonyl (C=O) groups excluding carboxylic acids is 1. The Balaban J connectivity index is 1.92. The Morgan fingerprint density at radius 2 is 1.96 bits per heavy atom. The maximum Gasteiger partial charge on any atom is 0.312 e. The lowest BCUT2D eigenvalue weighted by Gasteiger charge is -2.30. The molecule has 1 aromatic rings. The lowest BCUT2D eigenvalue weighted by Crippen LogP contribution is -2.40. The second-order valence-corrected chi connectivity index (χ2v) is 5.74. The van der Waals surface area contributed by atoms with Gasteiger partial charge in [-0.2, -0.15) is 5.10 Å². The Labute approximate surface area is 133 Å². The van der Waals surface area contributed by atoms with Crippen molar-refractivity contribution in [3.8, 4) is 0 Å². The van der Waals surface area contributed by atoms with E-state index in [1.165, 1.54) is 4.68 Å². The maximum atomic E-state index is 12.2. The van der Waals surface area contributed by atoms with Gasteiger partial charge in [-0.05, 0) is 26.7 Å². The molecule has 9 heteroatoms. The van der Waals surface area contributed by atoms with Crippen LogP contribution in [0.5, 0.6) is 0 Å². The van der Waals surface area contributed by atoms with Crippen LogP contribution in [0, 0.1) is 29.9 Å². The van der Waals surface area contributed by atoms with E-state index in [2.05, 4.69) is 5.10 Å². The number of carboxylic acids is 1. The molecule has 9 nitrogen and oxygen atoms in total. The average molecular weight is 324 g/mol. The average Bonchev–Trinajstić information content (AvgIpc) is 2.79. The van der Waals surface area contributed by atoms with Gasteiger partial charge in [0.05, 0.1) is 17.4 Å². The second-order valence-electron chi connectivity index (χ2n) is 5.74. The summed E-state index contributed by atoms with van der Waals surface area (Å²) in [5, 5.41) is 24.0. The molecule has 1 aliphatic heterocycles. The summed E-state index contributed by atoms with van der Waals surface area (Å²) in [5.74, 6) is -1.27. The zero-order valence-electron chi connectivity index (χ0n) is 13.2. The zero-order chi connectivity index (χ0) is 17.1. The number of rotatable bonds is 5. The van der Waals surface area contributed by atoms with E-state index in [0.717, 1.165) is 0 Å². The lowest BCUT2D eigenvalue weighted by molar-refractivity contribution is -0.386. The SMILES string of the molecule is Cc1nn(CCC(=O)N2CCC(C(=O)O)CC2)c(C)c1[N+](=O)[O-]. The molecule has 0 atom stereocenters. The van der Waals surface area contributed by atoms with E-state index in [-0.39, 0.29) is 30.5 Å². The van der Waals surface area contributed by atoms with Crippen molar-refractivity contribution in [1.29, 1.82) is 0 Å². The number of carbonyl (C=O) groups is 2. The first kappa shape index (κ1) is 16.9. The van der Waals surface area contributed by atoms with Gasteiger partial charge in [-0.1, -0.05) is 0 Å². The first-order valence-corrected chi connectivity index (χ1v) is 7.50. The van der Waals surface area contributed by atoms with Crippen LogP contribution < -0.4 is 0 Å². The third-order valence-corrected chi connectivity index (χ3v) is 4.26. The minimum absolute atomic E-state index is 0.0141. The summed E-state index contributed by atoms with van der Waals surface area (Å²) in [6, 6.07) is 0. The van der Waals surface area contributed by atoms with Crippen molar-refractivity contribution in [2.45, 2.75) is 39.7 Å². The van der Waals surface area contributed by atoms with Gasteiger partial charge < -0.3 is 10.0 Å². The third kappa shape index (κ3) is 3.66. The van der Waals surface area contributed by atoms with Crippen LogP contribution in [0.15, 0.2) is 0 Å². The number of nitrogens with zero attached hydrogens (tertiary/aromatic N) is 4. The Hall–Kier alpha value is -2.45. The number of nitro groups is 1. The molecule has 0 aromatic carbocycles. The molecular formula is C14H20N4O5. The van der Waals surface area contributed by atoms with Crippen LogP contribution in [0.4, 0.5) is 5.69 Å². The summed E-state index contributed by atoms with van der Waals surface area (Å²) in [6.45, 7) is 4.33. The van der Waals surface area contributed by atoms with Crippen LogP contribution in [0.25, 0.3) is 0 Å². The van der Waals surface area contributed by atoms with Crippen molar-refractivity contribution in [3.05, 3.63) is 21.5 Å². The Morgan fingerprint density at radius 3 is 2.43 bits per heavy atom. The molecule has 0 radical (unpaired) electrons. The minimum atomic E-state index is -0.813. The number of aromatic nitrogens is 2. The molecule has 126 valence electrons. The van der Waals surface area contributed by atoms with Gasteiger partial charge in [-0.3, -0.25) is 24.4 Å². The van der Waals surface area contributed by atoms with Crippen molar-refractivity contribution < 1.29 is 19.6 Å². The standard InChI is InChI=1S/C14H20N4O5/c1-9-13(18(22)23)10(2)17(15-9)8-5-12(19)16-6-3-11(4-7-16)14(20)21/h11H,3-8H2,1-2H3,(H,20,21). The van der Waals surface area contributed by atoms with Gasteiger partial charge in [0.25, 0.3) is 0 Å². The molecule has 0 bridgehead atoms. The fourth-order valence-electron chi connectivity index (χ4n) is 2.90. The Morgan fingerprint density at radius 1 is 1.35 bits per heavy atom. The number of carboxylic acid groups (broad SMARTS) is 1. The number of hydrogen-bond acceptors (Lipinski definition) is 5. The van der Waals surface area contributed by atoms with Crippen LogP contribution in [0.1, 0.15) is 30.7 Å². The monoisotopic (exact) mass is 324 g/mol. The molecule has 23 heavy (non-hydrogen) atoms. The summed E-state index contributed by atoms with van der Waals surface area (Å²) in [7, 11) is 0. The molecule has 1 saturated heterocycles. The minimum Gasteiger partial charge on any atom is -0.481 e. The smallest absolute Gasteiger partial charge is 0.312 e. The van der Waals surface area contributed by atoms with E-state index in [0.29, 0.717) is 37.3 Å². The van der Waals surface area contributed by atoms with Crippen LogP contribution in [-0.2, 0) is 16.1 Å². The largest absolute Gasteiger partial charge is 0.481 e. The van der Waals surface area contributed by atoms with E-state index < -0.39 is 10.9 Å². The van der Waals surface area contributed by atoms with Gasteiger partial charge in [0.1, 0.15) is 11.4 Å². The van der Waals surface area contributed by atoms with Crippen LogP contribution in [-0.4, -0.2) is 49.7 Å². The molecule has 0 spiro atoms. The van der Waals surface area contributed by atoms with Crippen LogP contribution >= 0.6 is 0 Å². The molecule has 2 heterocycles. The van der Waals surface area contributed by atoms with Crippen molar-refractivity contribution in [3.63, 3.8) is 0 Å². The molecule has 1 N–H and O–H groups in total.